The molecular formula is C10H14N4. The van der Waals surface area contributed by atoms with Gasteiger partial charge in [0.2, 0.25) is 0 Å². The molecule has 1 N–H and O–H groups in total. The van der Waals surface area contributed by atoms with Gasteiger partial charge < -0.3 is 5.32 Å². The average molecular weight is 190 g/mol. The molecule has 1 aromatic heterocycles. The summed E-state index contributed by atoms with van der Waals surface area (Å²) >= 11 is 0. The summed E-state index contributed by atoms with van der Waals surface area (Å²) in [7, 11) is 1.86. The Kier molecular flexibility index (Phi) is 1.70. The van der Waals surface area contributed by atoms with E-state index in [1.54, 1.807) is 4.80 Å². The van der Waals surface area contributed by atoms with Gasteiger partial charge in [0, 0.05) is 19.1 Å². The van der Waals surface area contributed by atoms with Gasteiger partial charge in [0.05, 0.1) is 6.20 Å². The van der Waals surface area contributed by atoms with Gasteiger partial charge in [-0.25, -0.2) is 0 Å². The molecule has 0 radical (unpaired) electrons. The van der Waals surface area contributed by atoms with Gasteiger partial charge in [0.1, 0.15) is 5.69 Å². The molecule has 2 atom stereocenters. The highest BCUT2D eigenvalue weighted by atomic mass is 15.4. The zero-order chi connectivity index (χ0) is 9.54. The third-order valence-corrected chi connectivity index (χ3v) is 3.07. The monoisotopic (exact) mass is 190 g/mol. The number of hydrogen-bond acceptors (Lipinski definition) is 3. The molecule has 0 spiro atoms. The molecule has 14 heavy (non-hydrogen) atoms. The number of nitrogens with one attached hydrogen (secondary N) is 1. The van der Waals surface area contributed by atoms with Gasteiger partial charge in [-0.1, -0.05) is 6.08 Å². The van der Waals surface area contributed by atoms with Gasteiger partial charge in [-0.2, -0.15) is 15.0 Å². The summed E-state index contributed by atoms with van der Waals surface area (Å²) in [4.78, 5) is 1.63. The largest absolute Gasteiger partial charge is 0.307 e. The van der Waals surface area contributed by atoms with E-state index in [0.29, 0.717) is 12.1 Å². The van der Waals surface area contributed by atoms with E-state index in [4.69, 9.17) is 0 Å². The first-order valence-corrected chi connectivity index (χ1v) is 5.15. The fourth-order valence-electron chi connectivity index (χ4n) is 2.40. The van der Waals surface area contributed by atoms with Crippen LogP contribution in [0.1, 0.15) is 25.0 Å². The van der Waals surface area contributed by atoms with E-state index in [1.807, 2.05) is 13.2 Å². The third kappa shape index (κ3) is 1.26. The number of rotatable bonds is 1. The highest BCUT2D eigenvalue weighted by molar-refractivity contribution is 5.64. The lowest BCUT2D eigenvalue weighted by Gasteiger charge is -2.19. The molecule has 0 saturated carbocycles. The molecule has 3 heterocycles. The molecule has 2 aliphatic heterocycles. The summed E-state index contributed by atoms with van der Waals surface area (Å²) < 4.78 is 0. The van der Waals surface area contributed by atoms with E-state index in [9.17, 15) is 0 Å². The second-order valence-corrected chi connectivity index (χ2v) is 4.16. The molecule has 2 unspecified atom stereocenters. The highest BCUT2D eigenvalue weighted by Crippen LogP contribution is 2.30. The van der Waals surface area contributed by atoms with Gasteiger partial charge >= 0.3 is 0 Å². The first-order chi connectivity index (χ1) is 6.81. The van der Waals surface area contributed by atoms with Gasteiger partial charge in [0.15, 0.2) is 0 Å². The van der Waals surface area contributed by atoms with Gasteiger partial charge in [-0.05, 0) is 24.8 Å². The zero-order valence-corrected chi connectivity index (χ0v) is 8.27. The maximum absolute atomic E-state index is 4.34. The second-order valence-electron chi connectivity index (χ2n) is 4.16. The second kappa shape index (κ2) is 2.92. The molecule has 2 aliphatic rings. The van der Waals surface area contributed by atoms with E-state index in [1.165, 1.54) is 18.4 Å². The van der Waals surface area contributed by atoms with Crippen molar-refractivity contribution < 1.29 is 0 Å². The van der Waals surface area contributed by atoms with Crippen LogP contribution >= 0.6 is 0 Å². The molecular weight excluding hydrogens is 176 g/mol. The molecule has 0 aromatic carbocycles. The SMILES string of the molecule is Cn1ncc(C2=CC3CCC(C2)N3)n1. The van der Waals surface area contributed by atoms with Crippen molar-refractivity contribution in [2.75, 3.05) is 0 Å². The van der Waals surface area contributed by atoms with Gasteiger partial charge in [-0.3, -0.25) is 0 Å². The summed E-state index contributed by atoms with van der Waals surface area (Å²) in [5.41, 5.74) is 2.41. The van der Waals surface area contributed by atoms with E-state index >= 15 is 0 Å². The van der Waals surface area contributed by atoms with Crippen LogP contribution in [0, 0.1) is 0 Å². The smallest absolute Gasteiger partial charge is 0.108 e. The molecule has 1 saturated heterocycles. The lowest BCUT2D eigenvalue weighted by Crippen LogP contribution is -2.32. The number of aryl methyl sites for hydroxylation is 1. The Bertz CT molecular complexity index is 379. The Balaban J connectivity index is 1.92. The summed E-state index contributed by atoms with van der Waals surface area (Å²) in [5.74, 6) is 0. The van der Waals surface area contributed by atoms with Crippen LogP contribution in [-0.2, 0) is 7.05 Å². The molecule has 1 fully saturated rings. The van der Waals surface area contributed by atoms with Crippen molar-refractivity contribution in [3.8, 4) is 0 Å². The maximum Gasteiger partial charge on any atom is 0.108 e. The molecule has 4 nitrogen and oxygen atoms in total. The van der Waals surface area contributed by atoms with Crippen LogP contribution in [0.3, 0.4) is 0 Å². The fourth-order valence-corrected chi connectivity index (χ4v) is 2.40. The first-order valence-electron chi connectivity index (χ1n) is 5.15. The zero-order valence-electron chi connectivity index (χ0n) is 8.27. The summed E-state index contributed by atoms with van der Waals surface area (Å²) in [6.07, 6.45) is 7.85. The standard InChI is InChI=1S/C10H14N4/c1-14-11-6-10(13-14)7-4-8-2-3-9(5-7)12-8/h4,6,8-9,12H,2-3,5H2,1H3. The van der Waals surface area contributed by atoms with Crippen LogP contribution in [-0.4, -0.2) is 27.1 Å². The van der Waals surface area contributed by atoms with Crippen LogP contribution < -0.4 is 5.32 Å². The summed E-state index contributed by atoms with van der Waals surface area (Å²) in [6, 6.07) is 1.24. The van der Waals surface area contributed by atoms with Gasteiger partial charge in [-0.15, -0.1) is 0 Å². The molecule has 0 aliphatic carbocycles. The molecule has 4 heteroatoms. The minimum Gasteiger partial charge on any atom is -0.307 e. The van der Waals surface area contributed by atoms with Crippen LogP contribution in [0.25, 0.3) is 5.57 Å². The minimum atomic E-state index is 0.575. The number of nitrogens with zero attached hydrogens (tertiary/aromatic N) is 3. The van der Waals surface area contributed by atoms with Crippen LogP contribution in [0.5, 0.6) is 0 Å². The number of fused-ring (bicyclic) bond motifs is 2. The minimum absolute atomic E-state index is 0.575. The van der Waals surface area contributed by atoms with Crippen LogP contribution in [0.4, 0.5) is 0 Å². The van der Waals surface area contributed by atoms with Crippen LogP contribution in [0.2, 0.25) is 0 Å². The lowest BCUT2D eigenvalue weighted by molar-refractivity contribution is 0.573. The third-order valence-electron chi connectivity index (χ3n) is 3.07. The van der Waals surface area contributed by atoms with Crippen molar-refractivity contribution in [1.29, 1.82) is 0 Å². The van der Waals surface area contributed by atoms with Crippen molar-refractivity contribution in [1.82, 2.24) is 20.3 Å². The predicted molar refractivity (Wildman–Crippen MR) is 53.5 cm³/mol. The average Bonchev–Trinajstić information content (AvgIpc) is 2.73. The quantitative estimate of drug-likeness (QED) is 0.709. The van der Waals surface area contributed by atoms with Crippen molar-refractivity contribution in [2.45, 2.75) is 31.3 Å². The summed E-state index contributed by atoms with van der Waals surface area (Å²) in [5, 5.41) is 12.0. The van der Waals surface area contributed by atoms with Crippen LogP contribution in [0.15, 0.2) is 12.3 Å². The number of aromatic nitrogens is 3. The van der Waals surface area contributed by atoms with E-state index in [-0.39, 0.29) is 0 Å². The fraction of sp³-hybridized carbons (Fsp3) is 0.600. The van der Waals surface area contributed by atoms with E-state index in [2.05, 4.69) is 21.6 Å². The maximum atomic E-state index is 4.34. The Morgan fingerprint density at radius 2 is 2.43 bits per heavy atom. The Morgan fingerprint density at radius 1 is 1.50 bits per heavy atom. The molecule has 2 bridgehead atoms. The Labute approximate surface area is 83.0 Å². The Morgan fingerprint density at radius 3 is 3.14 bits per heavy atom. The molecule has 3 rings (SSSR count). The number of hydrogen-bond donors (Lipinski definition) is 1. The van der Waals surface area contributed by atoms with E-state index in [0.717, 1.165) is 12.1 Å². The molecule has 74 valence electrons. The first kappa shape index (κ1) is 8.17. The van der Waals surface area contributed by atoms with Crippen molar-refractivity contribution in [2.24, 2.45) is 7.05 Å². The summed E-state index contributed by atoms with van der Waals surface area (Å²) in [6.45, 7) is 0. The highest BCUT2D eigenvalue weighted by Gasteiger charge is 2.28. The van der Waals surface area contributed by atoms with Gasteiger partial charge in [0.25, 0.3) is 0 Å². The Hall–Kier alpha value is -1.16. The topological polar surface area (TPSA) is 42.7 Å². The molecule has 1 aromatic rings. The van der Waals surface area contributed by atoms with Crippen molar-refractivity contribution in [3.05, 3.63) is 18.0 Å². The lowest BCUT2D eigenvalue weighted by atomic mass is 10.0. The normalized spacial score (nSPS) is 30.5. The van der Waals surface area contributed by atoms with Crippen molar-refractivity contribution >= 4 is 5.57 Å². The molecule has 0 amide bonds. The van der Waals surface area contributed by atoms with E-state index < -0.39 is 0 Å². The predicted octanol–water partition coefficient (Wildman–Crippen LogP) is 0.723. The van der Waals surface area contributed by atoms with Crippen molar-refractivity contribution in [3.63, 3.8) is 0 Å².